The number of carbonyl (C=O) groups excluding carboxylic acids is 1. The molecular weight excluding hydrogens is 485 g/mol. The smallest absolute Gasteiger partial charge is 0.281 e. The molecule has 1 fully saturated rings. The van der Waals surface area contributed by atoms with Crippen LogP contribution in [0.25, 0.3) is 11.3 Å². The molecule has 9 nitrogen and oxygen atoms in total. The number of H-pyrrole nitrogens is 1. The molecule has 0 bridgehead atoms. The van der Waals surface area contributed by atoms with Crippen LogP contribution >= 0.6 is 0 Å². The van der Waals surface area contributed by atoms with Crippen LogP contribution in [-0.2, 0) is 10.0 Å². The van der Waals surface area contributed by atoms with E-state index in [1.807, 2.05) is 32.6 Å². The molecule has 4 rings (SSSR count). The highest BCUT2D eigenvalue weighted by molar-refractivity contribution is 7.90. The molecule has 192 valence electrons. The lowest BCUT2D eigenvalue weighted by molar-refractivity contribution is 0.0981. The van der Waals surface area contributed by atoms with Crippen LogP contribution in [0, 0.1) is 11.7 Å². The van der Waals surface area contributed by atoms with Gasteiger partial charge in [0.15, 0.2) is 5.03 Å². The summed E-state index contributed by atoms with van der Waals surface area (Å²) in [6, 6.07) is 8.89. The first-order valence-electron chi connectivity index (χ1n) is 11.8. The number of aromatic nitrogens is 3. The van der Waals surface area contributed by atoms with E-state index in [4.69, 9.17) is 9.72 Å². The van der Waals surface area contributed by atoms with Crippen molar-refractivity contribution in [3.05, 3.63) is 54.0 Å². The Balaban J connectivity index is 1.75. The fourth-order valence-electron chi connectivity index (χ4n) is 4.28. The molecule has 1 aliphatic heterocycles. The summed E-state index contributed by atoms with van der Waals surface area (Å²) in [5, 5.41) is 5.76. The van der Waals surface area contributed by atoms with Crippen LogP contribution in [0.3, 0.4) is 0 Å². The van der Waals surface area contributed by atoms with E-state index in [9.17, 15) is 17.6 Å². The Kier molecular flexibility index (Phi) is 7.30. The second-order valence-corrected chi connectivity index (χ2v) is 11.1. The van der Waals surface area contributed by atoms with E-state index in [1.165, 1.54) is 30.5 Å². The predicted molar refractivity (Wildman–Crippen MR) is 134 cm³/mol. The number of aromatic amines is 1. The second-order valence-electron chi connectivity index (χ2n) is 9.49. The first-order chi connectivity index (χ1) is 17.0. The minimum atomic E-state index is -4.15. The lowest BCUT2D eigenvalue weighted by Crippen LogP contribution is -2.37. The van der Waals surface area contributed by atoms with Gasteiger partial charge < -0.3 is 9.64 Å². The number of hydrogen-bond donors (Lipinski definition) is 2. The molecule has 36 heavy (non-hydrogen) atoms. The first kappa shape index (κ1) is 25.6. The standard InChI is InChI=1S/C25H30FN5O4S/c1-15(2)14-35-20-12-18(11-19(26)13-20)22-8-7-21(24(28-22)31-16(3)5-6-17(31)4)25(32)30-36(33,34)23-9-10-27-29-23/h7-13,15-17H,5-6,14H2,1-4H3,(H,27,29)(H,30,32)/t16-,17?/m0/s1. The van der Waals surface area contributed by atoms with Crippen molar-refractivity contribution < 1.29 is 22.3 Å². The summed E-state index contributed by atoms with van der Waals surface area (Å²) in [6.45, 7) is 8.50. The monoisotopic (exact) mass is 515 g/mol. The number of benzene rings is 1. The number of nitrogens with one attached hydrogen (secondary N) is 2. The van der Waals surface area contributed by atoms with Gasteiger partial charge in [-0.1, -0.05) is 13.8 Å². The van der Waals surface area contributed by atoms with Crippen molar-refractivity contribution in [2.24, 2.45) is 5.92 Å². The Morgan fingerprint density at radius 1 is 1.19 bits per heavy atom. The minimum absolute atomic E-state index is 0.0796. The Hall–Kier alpha value is -3.47. The summed E-state index contributed by atoms with van der Waals surface area (Å²) in [5.41, 5.74) is 1.04. The van der Waals surface area contributed by atoms with E-state index in [0.717, 1.165) is 12.8 Å². The molecule has 1 amide bonds. The molecule has 3 heterocycles. The summed E-state index contributed by atoms with van der Waals surface area (Å²) < 4.78 is 47.5. The number of anilines is 1. The Morgan fingerprint density at radius 2 is 1.92 bits per heavy atom. The van der Waals surface area contributed by atoms with Crippen LogP contribution in [0.5, 0.6) is 5.75 Å². The van der Waals surface area contributed by atoms with E-state index in [0.29, 0.717) is 29.4 Å². The van der Waals surface area contributed by atoms with Gasteiger partial charge in [0.1, 0.15) is 17.4 Å². The molecule has 0 spiro atoms. The van der Waals surface area contributed by atoms with Crippen LogP contribution < -0.4 is 14.4 Å². The summed E-state index contributed by atoms with van der Waals surface area (Å²) in [5.74, 6) is -0.279. The first-order valence-corrected chi connectivity index (χ1v) is 13.3. The zero-order chi connectivity index (χ0) is 26.0. The number of rotatable bonds is 8. The highest BCUT2D eigenvalue weighted by atomic mass is 32.2. The summed E-state index contributed by atoms with van der Waals surface area (Å²) in [7, 11) is -4.15. The maximum absolute atomic E-state index is 14.4. The van der Waals surface area contributed by atoms with Crippen LogP contribution in [-0.4, -0.2) is 48.2 Å². The number of hydrogen-bond acceptors (Lipinski definition) is 7. The molecule has 3 aromatic rings. The Labute approximate surface area is 210 Å². The van der Waals surface area contributed by atoms with Gasteiger partial charge in [0.2, 0.25) is 0 Å². The molecule has 2 aromatic heterocycles. The molecule has 2 N–H and O–H groups in total. The number of amides is 1. The number of sulfonamides is 1. The highest BCUT2D eigenvalue weighted by Crippen LogP contribution is 2.34. The molecule has 1 aliphatic rings. The van der Waals surface area contributed by atoms with Crippen molar-refractivity contribution in [3.8, 4) is 17.0 Å². The zero-order valence-electron chi connectivity index (χ0n) is 20.7. The van der Waals surface area contributed by atoms with E-state index in [-0.39, 0.29) is 28.6 Å². The largest absolute Gasteiger partial charge is 0.493 e. The molecule has 1 saturated heterocycles. The normalized spacial score (nSPS) is 18.0. The number of carbonyl (C=O) groups is 1. The fraction of sp³-hybridized carbons (Fsp3) is 0.400. The summed E-state index contributed by atoms with van der Waals surface area (Å²) in [6.07, 6.45) is 3.08. The number of pyridine rings is 1. The van der Waals surface area contributed by atoms with Crippen molar-refractivity contribution in [3.63, 3.8) is 0 Å². The van der Waals surface area contributed by atoms with Crippen LogP contribution in [0.2, 0.25) is 0 Å². The second kappa shape index (κ2) is 10.3. The average molecular weight is 516 g/mol. The maximum Gasteiger partial charge on any atom is 0.281 e. The van der Waals surface area contributed by atoms with E-state index >= 15 is 0 Å². The van der Waals surface area contributed by atoms with Gasteiger partial charge >= 0.3 is 0 Å². The number of halogens is 1. The third kappa shape index (κ3) is 5.51. The van der Waals surface area contributed by atoms with Crippen molar-refractivity contribution in [1.82, 2.24) is 19.9 Å². The van der Waals surface area contributed by atoms with Gasteiger partial charge in [-0.25, -0.2) is 14.1 Å². The van der Waals surface area contributed by atoms with E-state index < -0.39 is 21.7 Å². The molecule has 1 unspecified atom stereocenters. The SMILES string of the molecule is CC(C)COc1cc(F)cc(-c2ccc(C(=O)NS(=O)(=O)c3ccn[nH]3)c(N3C(C)CC[C@@H]3C)n2)c1. The number of ether oxygens (including phenoxy) is 1. The van der Waals surface area contributed by atoms with Crippen molar-refractivity contribution in [1.29, 1.82) is 0 Å². The van der Waals surface area contributed by atoms with Gasteiger partial charge in [0, 0.05) is 23.7 Å². The quantitative estimate of drug-likeness (QED) is 0.463. The molecule has 0 radical (unpaired) electrons. The van der Waals surface area contributed by atoms with Gasteiger partial charge in [-0.05, 0) is 62.9 Å². The average Bonchev–Trinajstić information content (AvgIpc) is 3.47. The molecule has 2 atom stereocenters. The minimum Gasteiger partial charge on any atom is -0.493 e. The van der Waals surface area contributed by atoms with Gasteiger partial charge in [-0.3, -0.25) is 9.89 Å². The zero-order valence-corrected chi connectivity index (χ0v) is 21.5. The predicted octanol–water partition coefficient (Wildman–Crippen LogP) is 4.14. The summed E-state index contributed by atoms with van der Waals surface area (Å²) >= 11 is 0. The Bertz CT molecular complexity index is 1330. The molecule has 11 heteroatoms. The molecular formula is C25H30FN5O4S. The van der Waals surface area contributed by atoms with Crippen molar-refractivity contribution in [2.45, 2.75) is 57.6 Å². The van der Waals surface area contributed by atoms with Gasteiger partial charge in [0.25, 0.3) is 15.9 Å². The van der Waals surface area contributed by atoms with Crippen molar-refractivity contribution in [2.75, 3.05) is 11.5 Å². The lowest BCUT2D eigenvalue weighted by atomic mass is 10.1. The van der Waals surface area contributed by atoms with Gasteiger partial charge in [-0.15, -0.1) is 0 Å². The van der Waals surface area contributed by atoms with E-state index in [1.54, 1.807) is 12.1 Å². The van der Waals surface area contributed by atoms with Gasteiger partial charge in [-0.2, -0.15) is 13.5 Å². The lowest BCUT2D eigenvalue weighted by Gasteiger charge is -2.29. The topological polar surface area (TPSA) is 117 Å². The van der Waals surface area contributed by atoms with Crippen LogP contribution in [0.15, 0.2) is 47.6 Å². The Morgan fingerprint density at radius 3 is 2.56 bits per heavy atom. The maximum atomic E-state index is 14.4. The molecule has 0 aliphatic carbocycles. The molecule has 0 saturated carbocycles. The third-order valence-electron chi connectivity index (χ3n) is 6.06. The van der Waals surface area contributed by atoms with E-state index in [2.05, 4.69) is 14.9 Å². The third-order valence-corrected chi connectivity index (χ3v) is 7.32. The molecule has 1 aromatic carbocycles. The van der Waals surface area contributed by atoms with Crippen molar-refractivity contribution >= 4 is 21.7 Å². The summed E-state index contributed by atoms with van der Waals surface area (Å²) in [4.78, 5) is 19.9. The van der Waals surface area contributed by atoms with Crippen LogP contribution in [0.1, 0.15) is 50.9 Å². The fourth-order valence-corrected chi connectivity index (χ4v) is 5.15. The highest BCUT2D eigenvalue weighted by Gasteiger charge is 2.33. The van der Waals surface area contributed by atoms with Crippen LogP contribution in [0.4, 0.5) is 10.2 Å². The van der Waals surface area contributed by atoms with Gasteiger partial charge in [0.05, 0.1) is 24.1 Å². The number of nitrogens with zero attached hydrogens (tertiary/aromatic N) is 3.